The summed E-state index contributed by atoms with van der Waals surface area (Å²) in [6.45, 7) is 2.15. The highest BCUT2D eigenvalue weighted by molar-refractivity contribution is 5.98. The van der Waals surface area contributed by atoms with Crippen LogP contribution < -0.4 is 0 Å². The summed E-state index contributed by atoms with van der Waals surface area (Å²) in [4.78, 5) is 5.15. The minimum atomic E-state index is 0.438. The highest BCUT2D eigenvalue weighted by Gasteiger charge is 2.23. The molecule has 0 aliphatic rings. The monoisotopic (exact) mass is 477 g/mol. The average molecular weight is 478 g/mol. The van der Waals surface area contributed by atoms with E-state index in [9.17, 15) is 0 Å². The molecule has 2 aromatic heterocycles. The third-order valence-electron chi connectivity index (χ3n) is 6.87. The van der Waals surface area contributed by atoms with Crippen LogP contribution in [0, 0.1) is 6.92 Å². The van der Waals surface area contributed by atoms with Crippen molar-refractivity contribution >= 4 is 22.0 Å². The molecule has 0 atom stereocenters. The quantitative estimate of drug-likeness (QED) is 0.253. The Bertz CT molecular complexity index is 1870. The predicted molar refractivity (Wildman–Crippen MR) is 152 cm³/mol. The zero-order valence-electron chi connectivity index (χ0n) is 21.3. The van der Waals surface area contributed by atoms with Gasteiger partial charge in [0.25, 0.3) is 0 Å². The lowest BCUT2D eigenvalue weighted by Crippen LogP contribution is -2.03. The first-order valence-electron chi connectivity index (χ1n) is 12.9. The molecular formula is C34H24N2O. The molecule has 0 spiro atoms. The molecule has 0 fully saturated rings. The molecule has 5 aromatic carbocycles. The lowest BCUT2D eigenvalue weighted by molar-refractivity contribution is 0.616. The molecule has 0 aliphatic heterocycles. The van der Waals surface area contributed by atoms with Crippen LogP contribution in [-0.2, 0) is 0 Å². The van der Waals surface area contributed by atoms with Gasteiger partial charge in [0.05, 0.1) is 23.7 Å². The molecular weight excluding hydrogens is 452 g/mol. The van der Waals surface area contributed by atoms with E-state index >= 15 is 0 Å². The zero-order valence-corrected chi connectivity index (χ0v) is 20.3. The van der Waals surface area contributed by atoms with Crippen LogP contribution in [0.2, 0.25) is 0 Å². The van der Waals surface area contributed by atoms with Crippen LogP contribution in [0.4, 0.5) is 0 Å². The lowest BCUT2D eigenvalue weighted by atomic mass is 9.93. The van der Waals surface area contributed by atoms with Crippen molar-refractivity contribution in [3.05, 3.63) is 133 Å². The topological polar surface area (TPSA) is 31.0 Å². The van der Waals surface area contributed by atoms with Crippen molar-refractivity contribution in [1.29, 1.82) is 0 Å². The van der Waals surface area contributed by atoms with Crippen LogP contribution in [-0.4, -0.2) is 9.55 Å². The molecule has 3 heteroatoms. The smallest absolute Gasteiger partial charge is 0.149 e. The van der Waals surface area contributed by atoms with E-state index in [2.05, 4.69) is 84.3 Å². The third kappa shape index (κ3) is 3.56. The average Bonchev–Trinajstić information content (AvgIpc) is 3.54. The SMILES string of the molecule is [2H]c1ccc2occ(-c3nc4ccccc4n3-c3c(-c4ccccc4)cc(C)cc3-c3ccccc3)c2c1. The number of imidazole rings is 1. The fourth-order valence-electron chi connectivity index (χ4n) is 5.22. The van der Waals surface area contributed by atoms with E-state index in [1.807, 2.05) is 36.4 Å². The first-order chi connectivity index (χ1) is 18.7. The van der Waals surface area contributed by atoms with E-state index in [4.69, 9.17) is 10.8 Å². The molecule has 0 amide bonds. The van der Waals surface area contributed by atoms with Crippen molar-refractivity contribution in [2.45, 2.75) is 6.92 Å². The van der Waals surface area contributed by atoms with Gasteiger partial charge in [-0.1, -0.05) is 91.0 Å². The van der Waals surface area contributed by atoms with Gasteiger partial charge in [0.15, 0.2) is 0 Å². The van der Waals surface area contributed by atoms with Crippen LogP contribution in [0.25, 0.3) is 61.3 Å². The minimum absolute atomic E-state index is 0.438. The molecule has 176 valence electrons. The van der Waals surface area contributed by atoms with Gasteiger partial charge < -0.3 is 4.42 Å². The Labute approximate surface area is 216 Å². The van der Waals surface area contributed by atoms with Crippen LogP contribution in [0.15, 0.2) is 132 Å². The van der Waals surface area contributed by atoms with Crippen LogP contribution in [0.5, 0.6) is 0 Å². The highest BCUT2D eigenvalue weighted by Crippen LogP contribution is 2.42. The second-order valence-corrected chi connectivity index (χ2v) is 9.27. The molecule has 0 saturated heterocycles. The summed E-state index contributed by atoms with van der Waals surface area (Å²) in [5.74, 6) is 0.786. The second kappa shape index (κ2) is 8.65. The Morgan fingerprint density at radius 2 is 1.35 bits per heavy atom. The standard InChI is InChI=1S/C34H24N2O/c1-23-20-27(24-12-4-2-5-13-24)33(28(21-23)25-14-6-3-7-15-25)36-31-18-10-9-17-30(31)35-34(36)29-22-37-32-19-11-8-16-26(29)32/h2-22H,1H3/i8D. The fourth-order valence-corrected chi connectivity index (χ4v) is 5.22. The Morgan fingerprint density at radius 1 is 0.703 bits per heavy atom. The summed E-state index contributed by atoms with van der Waals surface area (Å²) in [5.41, 5.74) is 10.3. The predicted octanol–water partition coefficient (Wildman–Crippen LogP) is 9.08. The number of aryl methyl sites for hydroxylation is 1. The highest BCUT2D eigenvalue weighted by atomic mass is 16.3. The van der Waals surface area contributed by atoms with E-state index in [0.29, 0.717) is 6.04 Å². The van der Waals surface area contributed by atoms with E-state index in [1.54, 1.807) is 12.3 Å². The number of fused-ring (bicyclic) bond motifs is 2. The van der Waals surface area contributed by atoms with Crippen molar-refractivity contribution in [3.63, 3.8) is 0 Å². The van der Waals surface area contributed by atoms with Gasteiger partial charge in [0.2, 0.25) is 0 Å². The first kappa shape index (κ1) is 20.3. The van der Waals surface area contributed by atoms with Gasteiger partial charge in [0.1, 0.15) is 17.7 Å². The summed E-state index contributed by atoms with van der Waals surface area (Å²) >= 11 is 0. The Hall–Kier alpha value is -4.89. The molecule has 0 N–H and O–H groups in total. The van der Waals surface area contributed by atoms with Gasteiger partial charge in [-0.15, -0.1) is 0 Å². The van der Waals surface area contributed by atoms with E-state index in [1.165, 1.54) is 5.56 Å². The number of aromatic nitrogens is 2. The largest absolute Gasteiger partial charge is 0.464 e. The number of nitrogens with zero attached hydrogens (tertiary/aromatic N) is 2. The van der Waals surface area contributed by atoms with Crippen molar-refractivity contribution in [2.24, 2.45) is 0 Å². The Morgan fingerprint density at radius 3 is 2.05 bits per heavy atom. The Balaban J connectivity index is 1.65. The Kier molecular flexibility index (Phi) is 4.75. The van der Waals surface area contributed by atoms with E-state index in [-0.39, 0.29) is 0 Å². The number of hydrogen-bond acceptors (Lipinski definition) is 2. The second-order valence-electron chi connectivity index (χ2n) is 9.27. The van der Waals surface area contributed by atoms with Gasteiger partial charge in [-0.25, -0.2) is 4.98 Å². The molecule has 0 saturated carbocycles. The fraction of sp³-hybridized carbons (Fsp3) is 0.0294. The number of para-hydroxylation sites is 3. The van der Waals surface area contributed by atoms with Crippen molar-refractivity contribution in [3.8, 4) is 39.3 Å². The van der Waals surface area contributed by atoms with Crippen molar-refractivity contribution in [2.75, 3.05) is 0 Å². The van der Waals surface area contributed by atoms with Gasteiger partial charge in [-0.2, -0.15) is 0 Å². The summed E-state index contributed by atoms with van der Waals surface area (Å²) in [6.07, 6.45) is 1.76. The first-order valence-corrected chi connectivity index (χ1v) is 12.4. The number of rotatable bonds is 4. The third-order valence-corrected chi connectivity index (χ3v) is 6.87. The summed E-state index contributed by atoms with van der Waals surface area (Å²) in [7, 11) is 0. The summed E-state index contributed by atoms with van der Waals surface area (Å²) in [5, 5.41) is 0.878. The number of hydrogen-bond donors (Lipinski definition) is 0. The molecule has 7 aromatic rings. The van der Waals surface area contributed by atoms with E-state index < -0.39 is 0 Å². The van der Waals surface area contributed by atoms with Gasteiger partial charge in [-0.3, -0.25) is 4.57 Å². The molecule has 0 radical (unpaired) electrons. The lowest BCUT2D eigenvalue weighted by Gasteiger charge is -2.20. The van der Waals surface area contributed by atoms with Gasteiger partial charge in [-0.05, 0) is 53.9 Å². The van der Waals surface area contributed by atoms with E-state index in [0.717, 1.165) is 61.3 Å². The molecule has 0 aliphatic carbocycles. The van der Waals surface area contributed by atoms with Crippen LogP contribution in [0.1, 0.15) is 6.93 Å². The minimum Gasteiger partial charge on any atom is -0.464 e. The maximum Gasteiger partial charge on any atom is 0.149 e. The number of benzene rings is 5. The normalized spacial score (nSPS) is 11.8. The van der Waals surface area contributed by atoms with Crippen LogP contribution >= 0.6 is 0 Å². The van der Waals surface area contributed by atoms with Gasteiger partial charge in [0, 0.05) is 16.5 Å². The maximum absolute atomic E-state index is 8.25. The molecule has 2 heterocycles. The van der Waals surface area contributed by atoms with Crippen molar-refractivity contribution in [1.82, 2.24) is 9.55 Å². The summed E-state index contributed by atoms with van der Waals surface area (Å²) < 4.78 is 16.5. The molecule has 0 bridgehead atoms. The molecule has 7 rings (SSSR count). The van der Waals surface area contributed by atoms with Crippen LogP contribution in [0.3, 0.4) is 0 Å². The molecule has 0 unspecified atom stereocenters. The molecule has 37 heavy (non-hydrogen) atoms. The maximum atomic E-state index is 8.25. The number of furan rings is 1. The molecule has 3 nitrogen and oxygen atoms in total. The van der Waals surface area contributed by atoms with Gasteiger partial charge >= 0.3 is 0 Å². The summed E-state index contributed by atoms with van der Waals surface area (Å²) in [6, 6.07) is 39.7. The van der Waals surface area contributed by atoms with Crippen molar-refractivity contribution < 1.29 is 5.79 Å². The zero-order chi connectivity index (χ0) is 25.6.